The van der Waals surface area contributed by atoms with Gasteiger partial charge in [0.1, 0.15) is 11.6 Å². The zero-order valence-corrected chi connectivity index (χ0v) is 25.8. The van der Waals surface area contributed by atoms with Gasteiger partial charge in [-0.2, -0.15) is 0 Å². The second-order valence-electron chi connectivity index (χ2n) is 12.6. The molecular weight excluding hydrogens is 547 g/mol. The summed E-state index contributed by atoms with van der Waals surface area (Å²) in [4.78, 5) is 15.0. The molecule has 0 saturated heterocycles. The van der Waals surface area contributed by atoms with Gasteiger partial charge in [-0.15, -0.1) is 0 Å². The van der Waals surface area contributed by atoms with Gasteiger partial charge in [0.05, 0.1) is 22.7 Å². The molecule has 0 aliphatic carbocycles. The first-order valence-corrected chi connectivity index (χ1v) is 15.6. The molecule has 4 heterocycles. The molecule has 2 aliphatic rings. The van der Waals surface area contributed by atoms with E-state index in [-0.39, 0.29) is 6.71 Å². The minimum atomic E-state index is 0.0136. The molecule has 5 aromatic carbocycles. The number of aromatic nitrogens is 2. The van der Waals surface area contributed by atoms with E-state index >= 15 is 0 Å². The van der Waals surface area contributed by atoms with Crippen LogP contribution in [0.1, 0.15) is 22.3 Å². The van der Waals surface area contributed by atoms with Crippen LogP contribution in [0.2, 0.25) is 0 Å². The maximum atomic E-state index is 5.19. The molecule has 0 bridgehead atoms. The Labute approximate surface area is 263 Å². The average molecular weight is 579 g/mol. The number of hydrogen-bond donors (Lipinski definition) is 0. The van der Waals surface area contributed by atoms with Gasteiger partial charge in [0, 0.05) is 12.4 Å². The molecule has 214 valence electrons. The molecule has 4 nitrogen and oxygen atoms in total. The Bertz CT molecular complexity index is 2360. The van der Waals surface area contributed by atoms with Crippen LogP contribution in [-0.2, 0) is 0 Å². The first kappa shape index (κ1) is 26.0. The Morgan fingerprint density at radius 3 is 1.96 bits per heavy atom. The molecule has 0 spiro atoms. The van der Waals surface area contributed by atoms with Gasteiger partial charge < -0.3 is 0 Å². The lowest BCUT2D eigenvalue weighted by Crippen LogP contribution is -2.60. The van der Waals surface area contributed by atoms with E-state index in [9.17, 15) is 0 Å². The van der Waals surface area contributed by atoms with Crippen LogP contribution in [0.5, 0.6) is 0 Å². The average Bonchev–Trinajstić information content (AvgIpc) is 3.04. The van der Waals surface area contributed by atoms with Crippen LogP contribution in [-0.4, -0.2) is 16.7 Å². The van der Waals surface area contributed by atoms with Crippen LogP contribution < -0.4 is 26.2 Å². The Hall–Kier alpha value is -5.42. The van der Waals surface area contributed by atoms with E-state index in [1.54, 1.807) is 0 Å². The number of pyridine rings is 2. The number of hydrogen-bond acceptors (Lipinski definition) is 4. The van der Waals surface area contributed by atoms with Crippen molar-refractivity contribution in [2.24, 2.45) is 0 Å². The predicted molar refractivity (Wildman–Crippen MR) is 190 cm³/mol. The summed E-state index contributed by atoms with van der Waals surface area (Å²) in [5.74, 6) is 1.91. The summed E-state index contributed by atoms with van der Waals surface area (Å²) in [7, 11) is 0. The van der Waals surface area contributed by atoms with Crippen LogP contribution in [0.4, 0.5) is 34.4 Å². The van der Waals surface area contributed by atoms with Gasteiger partial charge in [0.15, 0.2) is 0 Å². The summed E-state index contributed by atoms with van der Waals surface area (Å²) < 4.78 is 0. The number of anilines is 6. The van der Waals surface area contributed by atoms with E-state index in [1.807, 2.05) is 12.4 Å². The van der Waals surface area contributed by atoms with E-state index in [1.165, 1.54) is 65.9 Å². The molecule has 2 aromatic heterocycles. The van der Waals surface area contributed by atoms with E-state index in [4.69, 9.17) is 9.97 Å². The van der Waals surface area contributed by atoms with E-state index in [0.29, 0.717) is 0 Å². The second-order valence-corrected chi connectivity index (χ2v) is 12.6. The molecule has 0 unspecified atom stereocenters. The fraction of sp³-hybridized carbons (Fsp3) is 0.100. The van der Waals surface area contributed by atoms with Crippen molar-refractivity contribution >= 4 is 79.0 Å². The molecule has 0 atom stereocenters. The fourth-order valence-electron chi connectivity index (χ4n) is 7.68. The van der Waals surface area contributed by atoms with Gasteiger partial charge in [0.2, 0.25) is 6.71 Å². The first-order chi connectivity index (χ1) is 22.0. The fourth-order valence-corrected chi connectivity index (χ4v) is 7.68. The molecule has 5 heteroatoms. The van der Waals surface area contributed by atoms with Gasteiger partial charge in [-0.3, -0.25) is 9.80 Å². The van der Waals surface area contributed by atoms with Gasteiger partial charge in [-0.1, -0.05) is 88.9 Å². The maximum Gasteiger partial charge on any atom is 0.250 e. The summed E-state index contributed by atoms with van der Waals surface area (Å²) >= 11 is 0. The van der Waals surface area contributed by atoms with Crippen LogP contribution in [0.25, 0.3) is 21.5 Å². The highest BCUT2D eigenvalue weighted by Gasteiger charge is 2.44. The smallest absolute Gasteiger partial charge is 0.250 e. The Kier molecular flexibility index (Phi) is 5.52. The minimum Gasteiger partial charge on any atom is -0.292 e. The largest absolute Gasteiger partial charge is 0.292 e. The van der Waals surface area contributed by atoms with Crippen molar-refractivity contribution in [1.82, 2.24) is 9.97 Å². The van der Waals surface area contributed by atoms with Crippen molar-refractivity contribution in [3.63, 3.8) is 0 Å². The zero-order chi connectivity index (χ0) is 30.4. The molecule has 0 amide bonds. The number of benzene rings is 5. The highest BCUT2D eigenvalue weighted by molar-refractivity contribution is 7.00. The monoisotopic (exact) mass is 578 g/mol. The summed E-state index contributed by atoms with van der Waals surface area (Å²) in [6.45, 7) is 8.82. The zero-order valence-electron chi connectivity index (χ0n) is 25.8. The van der Waals surface area contributed by atoms with Crippen molar-refractivity contribution in [2.75, 3.05) is 9.80 Å². The predicted octanol–water partition coefficient (Wildman–Crippen LogP) is 8.10. The van der Waals surface area contributed by atoms with Crippen molar-refractivity contribution in [1.29, 1.82) is 0 Å². The summed E-state index contributed by atoms with van der Waals surface area (Å²) in [5.41, 5.74) is 13.4. The quantitative estimate of drug-likeness (QED) is 0.194. The van der Waals surface area contributed by atoms with Crippen molar-refractivity contribution in [3.05, 3.63) is 138 Å². The summed E-state index contributed by atoms with van der Waals surface area (Å²) in [5, 5.41) is 4.88. The van der Waals surface area contributed by atoms with Gasteiger partial charge in [0.25, 0.3) is 0 Å². The van der Waals surface area contributed by atoms with Crippen LogP contribution in [0.3, 0.4) is 0 Å². The van der Waals surface area contributed by atoms with Crippen molar-refractivity contribution in [2.45, 2.75) is 27.7 Å². The Balaban J connectivity index is 1.49. The molecule has 0 N–H and O–H groups in total. The lowest BCUT2D eigenvalue weighted by Gasteiger charge is -2.45. The minimum absolute atomic E-state index is 0.0136. The van der Waals surface area contributed by atoms with Crippen LogP contribution in [0, 0.1) is 27.7 Å². The molecule has 0 radical (unpaired) electrons. The number of aryl methyl sites for hydroxylation is 4. The lowest BCUT2D eigenvalue weighted by molar-refractivity contribution is 1.10. The van der Waals surface area contributed by atoms with Crippen LogP contribution >= 0.6 is 0 Å². The van der Waals surface area contributed by atoms with Gasteiger partial charge in [-0.05, 0) is 102 Å². The number of rotatable bonds is 2. The van der Waals surface area contributed by atoms with Crippen molar-refractivity contribution in [3.8, 4) is 0 Å². The van der Waals surface area contributed by atoms with E-state index in [0.717, 1.165) is 28.7 Å². The highest BCUT2D eigenvalue weighted by Crippen LogP contribution is 2.55. The Morgan fingerprint density at radius 1 is 0.533 bits per heavy atom. The Morgan fingerprint density at radius 2 is 1.20 bits per heavy atom. The highest BCUT2D eigenvalue weighted by atomic mass is 15.3. The third-order valence-electron chi connectivity index (χ3n) is 9.67. The van der Waals surface area contributed by atoms with Crippen LogP contribution in [0.15, 0.2) is 116 Å². The van der Waals surface area contributed by atoms with Gasteiger partial charge in [-0.25, -0.2) is 9.97 Å². The second kappa shape index (κ2) is 9.54. The normalized spacial score (nSPS) is 13.2. The SMILES string of the molecule is Cc1ccnc(N2c3cc4ccccc4cc3N3c4nccc(C)c4B(c4ccc(C)cc4C)c4c3c2cc2ccccc42)c1. The van der Waals surface area contributed by atoms with E-state index < -0.39 is 0 Å². The topological polar surface area (TPSA) is 32.3 Å². The summed E-state index contributed by atoms with van der Waals surface area (Å²) in [6.07, 6.45) is 3.89. The summed E-state index contributed by atoms with van der Waals surface area (Å²) in [6, 6.07) is 37.8. The molecule has 9 rings (SSSR count). The molecule has 0 fully saturated rings. The third kappa shape index (κ3) is 3.74. The standard InChI is InChI=1S/C40H31BN4/c1-24-13-14-32(27(4)19-24)41-37-26(3)16-18-43-40(37)45-34-22-29-10-6-5-9-28(29)21-33(34)44(36-20-25(2)15-17-42-36)35-23-30-11-7-8-12-31(30)38(41)39(35)45/h5-23H,1-4H3. The first-order valence-electron chi connectivity index (χ1n) is 15.6. The number of nitrogens with zero attached hydrogens (tertiary/aromatic N) is 4. The molecule has 45 heavy (non-hydrogen) atoms. The molecule has 7 aromatic rings. The van der Waals surface area contributed by atoms with Gasteiger partial charge >= 0.3 is 0 Å². The molecule has 2 aliphatic heterocycles. The number of fused-ring (bicyclic) bond motifs is 7. The van der Waals surface area contributed by atoms with E-state index in [2.05, 4.69) is 141 Å². The maximum absolute atomic E-state index is 5.19. The third-order valence-corrected chi connectivity index (χ3v) is 9.67. The molecule has 0 saturated carbocycles. The van der Waals surface area contributed by atoms with Crippen molar-refractivity contribution < 1.29 is 0 Å². The molecular formula is C40H31BN4. The lowest BCUT2D eigenvalue weighted by atomic mass is 9.33.